The van der Waals surface area contributed by atoms with Gasteiger partial charge in [0.25, 0.3) is 0 Å². The van der Waals surface area contributed by atoms with Gasteiger partial charge in [0.15, 0.2) is 17.2 Å². The van der Waals surface area contributed by atoms with Crippen molar-refractivity contribution in [2.24, 2.45) is 17.8 Å². The average molecular weight is 366 g/mol. The minimum atomic E-state index is -2.11. The average Bonchev–Trinajstić information content (AvgIpc) is 2.76. The van der Waals surface area contributed by atoms with E-state index in [0.29, 0.717) is 18.8 Å². The Morgan fingerprint density at radius 2 is 1.81 bits per heavy atom. The van der Waals surface area contributed by atoms with Gasteiger partial charge in [0, 0.05) is 5.92 Å². The lowest BCUT2D eigenvalue weighted by Gasteiger charge is -2.34. The fourth-order valence-electron chi connectivity index (χ4n) is 3.27. The Hall–Kier alpha value is -1.46. The van der Waals surface area contributed by atoms with E-state index in [1.807, 2.05) is 34.6 Å². The van der Waals surface area contributed by atoms with Gasteiger partial charge in [0.05, 0.1) is 12.0 Å². The molecular weight excluding hydrogens is 332 g/mol. The molecule has 0 amide bonds. The summed E-state index contributed by atoms with van der Waals surface area (Å²) in [6, 6.07) is 0. The Morgan fingerprint density at radius 3 is 2.27 bits per heavy atom. The smallest absolute Gasteiger partial charge is 0.176 e. The molecule has 0 saturated carbocycles. The van der Waals surface area contributed by atoms with Gasteiger partial charge in [-0.2, -0.15) is 0 Å². The lowest BCUT2D eigenvalue weighted by Crippen LogP contribution is -2.49. The van der Waals surface area contributed by atoms with E-state index in [1.165, 1.54) is 0 Å². The fourth-order valence-corrected chi connectivity index (χ4v) is 3.27. The van der Waals surface area contributed by atoms with Gasteiger partial charge in [-0.15, -0.1) is 0 Å². The van der Waals surface area contributed by atoms with Gasteiger partial charge in [-0.1, -0.05) is 39.3 Å². The third-order valence-electron chi connectivity index (χ3n) is 5.30. The molecule has 0 bridgehead atoms. The van der Waals surface area contributed by atoms with E-state index in [0.717, 1.165) is 5.57 Å². The molecule has 0 aliphatic heterocycles. The van der Waals surface area contributed by atoms with E-state index in [-0.39, 0.29) is 18.4 Å². The lowest BCUT2D eigenvalue weighted by molar-refractivity contribution is -0.136. The summed E-state index contributed by atoms with van der Waals surface area (Å²) in [7, 11) is 0. The van der Waals surface area contributed by atoms with E-state index in [4.69, 9.17) is 0 Å². The quantitative estimate of drug-likeness (QED) is 0.429. The molecule has 0 spiro atoms. The number of rotatable bonds is 9. The van der Waals surface area contributed by atoms with Crippen LogP contribution < -0.4 is 0 Å². The van der Waals surface area contributed by atoms with Crippen LogP contribution in [0.2, 0.25) is 0 Å². The molecule has 1 rings (SSSR count). The van der Waals surface area contributed by atoms with Crippen molar-refractivity contribution in [1.29, 1.82) is 0 Å². The molecule has 5 heteroatoms. The highest BCUT2D eigenvalue weighted by atomic mass is 16.4. The molecule has 0 heterocycles. The van der Waals surface area contributed by atoms with Crippen LogP contribution >= 0.6 is 0 Å². The van der Waals surface area contributed by atoms with Crippen LogP contribution in [0.3, 0.4) is 0 Å². The van der Waals surface area contributed by atoms with E-state index >= 15 is 0 Å². The molecule has 0 aromatic carbocycles. The topological polar surface area (TPSA) is 94.8 Å². The Balaban J connectivity index is 3.36. The van der Waals surface area contributed by atoms with Crippen molar-refractivity contribution >= 4 is 11.6 Å². The molecule has 0 aromatic heterocycles. The second-order valence-electron chi connectivity index (χ2n) is 8.14. The maximum atomic E-state index is 12.9. The molecule has 4 atom stereocenters. The number of hydrogen-bond donors (Lipinski definition) is 3. The first kappa shape index (κ1) is 22.6. The molecule has 3 unspecified atom stereocenters. The van der Waals surface area contributed by atoms with Crippen molar-refractivity contribution in [2.45, 2.75) is 78.9 Å². The summed E-state index contributed by atoms with van der Waals surface area (Å²) in [6.07, 6.45) is 2.03. The van der Waals surface area contributed by atoms with E-state index in [1.54, 1.807) is 13.0 Å². The van der Waals surface area contributed by atoms with Crippen LogP contribution in [0.15, 0.2) is 23.0 Å². The summed E-state index contributed by atoms with van der Waals surface area (Å²) in [5.74, 6) is -2.89. The molecule has 5 nitrogen and oxygen atoms in total. The first-order valence-corrected chi connectivity index (χ1v) is 9.54. The monoisotopic (exact) mass is 366 g/mol. The van der Waals surface area contributed by atoms with Crippen molar-refractivity contribution < 1.29 is 24.9 Å². The van der Waals surface area contributed by atoms with E-state index < -0.39 is 40.9 Å². The number of aliphatic hydroxyl groups excluding tert-OH is 2. The maximum absolute atomic E-state index is 12.9. The van der Waals surface area contributed by atoms with Crippen molar-refractivity contribution in [1.82, 2.24) is 0 Å². The molecule has 148 valence electrons. The van der Waals surface area contributed by atoms with Gasteiger partial charge in [-0.3, -0.25) is 9.59 Å². The Morgan fingerprint density at radius 1 is 1.23 bits per heavy atom. The highest BCUT2D eigenvalue weighted by molar-refractivity contribution is 6.24. The Labute approximate surface area is 156 Å². The van der Waals surface area contributed by atoms with Gasteiger partial charge in [0.2, 0.25) is 0 Å². The normalized spacial score (nSPS) is 25.6. The second kappa shape index (κ2) is 8.96. The van der Waals surface area contributed by atoms with Gasteiger partial charge < -0.3 is 15.3 Å². The molecule has 0 saturated heterocycles. The number of carbonyl (C=O) groups is 2. The fraction of sp³-hybridized carbons (Fsp3) is 0.714. The summed E-state index contributed by atoms with van der Waals surface area (Å²) >= 11 is 0. The van der Waals surface area contributed by atoms with Crippen LogP contribution in [0.5, 0.6) is 0 Å². The zero-order valence-corrected chi connectivity index (χ0v) is 16.9. The molecule has 1 aliphatic rings. The molecule has 0 fully saturated rings. The van der Waals surface area contributed by atoms with Gasteiger partial charge >= 0.3 is 0 Å². The van der Waals surface area contributed by atoms with Crippen LogP contribution in [0.25, 0.3) is 0 Å². The number of carbonyl (C=O) groups excluding carboxylic acids is 2. The Kier molecular flexibility index (Phi) is 7.78. The number of hydrogen-bond acceptors (Lipinski definition) is 5. The highest BCUT2D eigenvalue weighted by Gasteiger charge is 2.58. The van der Waals surface area contributed by atoms with Gasteiger partial charge in [0.1, 0.15) is 11.3 Å². The summed E-state index contributed by atoms with van der Waals surface area (Å²) in [5, 5.41) is 32.5. The van der Waals surface area contributed by atoms with Gasteiger partial charge in [-0.05, 0) is 45.4 Å². The zero-order valence-electron chi connectivity index (χ0n) is 16.9. The second-order valence-corrected chi connectivity index (χ2v) is 8.14. The molecule has 0 aromatic rings. The minimum Gasteiger partial charge on any atom is -0.508 e. The van der Waals surface area contributed by atoms with Crippen LogP contribution in [-0.4, -0.2) is 38.6 Å². The SMILES string of the molecule is CCC(C)C(=O)C1=C(O)C(O)(C(O)CCC(C)C)[C@H](CC=C(C)C)C1=O. The highest BCUT2D eigenvalue weighted by Crippen LogP contribution is 2.44. The first-order chi connectivity index (χ1) is 12.0. The van der Waals surface area contributed by atoms with E-state index in [2.05, 4.69) is 0 Å². The minimum absolute atomic E-state index is 0.164. The third-order valence-corrected chi connectivity index (χ3v) is 5.30. The first-order valence-electron chi connectivity index (χ1n) is 9.54. The predicted octanol–water partition coefficient (Wildman–Crippen LogP) is 3.50. The predicted molar refractivity (Wildman–Crippen MR) is 102 cm³/mol. The number of aliphatic hydroxyl groups is 3. The lowest BCUT2D eigenvalue weighted by atomic mass is 9.79. The Bertz CT molecular complexity index is 598. The van der Waals surface area contributed by atoms with E-state index in [9.17, 15) is 24.9 Å². The van der Waals surface area contributed by atoms with Crippen molar-refractivity contribution in [3.8, 4) is 0 Å². The summed E-state index contributed by atoms with van der Waals surface area (Å²) < 4.78 is 0. The van der Waals surface area contributed by atoms with Crippen LogP contribution in [0.4, 0.5) is 0 Å². The van der Waals surface area contributed by atoms with Crippen LogP contribution in [0.1, 0.15) is 67.2 Å². The standard InChI is InChI=1S/C21H34O5/c1-7-14(6)18(23)17-19(24)15(10-8-12(2)3)21(26,20(17)25)16(22)11-9-13(4)5/h8,13-16,22,25-26H,7,9-11H2,1-6H3/t14?,15-,16?,21?/m1/s1. The number of ketones is 2. The van der Waals surface area contributed by atoms with Crippen molar-refractivity contribution in [3.05, 3.63) is 23.0 Å². The van der Waals surface area contributed by atoms with Crippen LogP contribution in [-0.2, 0) is 9.59 Å². The molecule has 26 heavy (non-hydrogen) atoms. The number of Topliss-reactive ketones (excluding diaryl/α,β-unsaturated/α-hetero) is 2. The molecule has 1 aliphatic carbocycles. The van der Waals surface area contributed by atoms with Crippen molar-refractivity contribution in [2.75, 3.05) is 0 Å². The number of allylic oxidation sites excluding steroid dienone is 3. The maximum Gasteiger partial charge on any atom is 0.176 e. The van der Waals surface area contributed by atoms with Gasteiger partial charge in [-0.25, -0.2) is 0 Å². The molecule has 3 N–H and O–H groups in total. The zero-order chi connectivity index (χ0) is 20.2. The summed E-state index contributed by atoms with van der Waals surface area (Å²) in [6.45, 7) is 11.2. The van der Waals surface area contributed by atoms with Crippen LogP contribution in [0, 0.1) is 17.8 Å². The largest absolute Gasteiger partial charge is 0.508 e. The molecule has 0 radical (unpaired) electrons. The third kappa shape index (κ3) is 4.44. The molecular formula is C21H34O5. The summed E-state index contributed by atoms with van der Waals surface area (Å²) in [5.41, 5.74) is -1.49. The summed E-state index contributed by atoms with van der Waals surface area (Å²) in [4.78, 5) is 25.5. The van der Waals surface area contributed by atoms with Crippen molar-refractivity contribution in [3.63, 3.8) is 0 Å².